The molecular formula is C17H18N2O2S. The summed E-state index contributed by atoms with van der Waals surface area (Å²) in [5.41, 5.74) is 3.39. The second kappa shape index (κ2) is 6.83. The van der Waals surface area contributed by atoms with Crippen LogP contribution in [0.15, 0.2) is 29.8 Å². The molecule has 1 aromatic heterocycles. The predicted molar refractivity (Wildman–Crippen MR) is 87.4 cm³/mol. The molecule has 0 spiro atoms. The number of rotatable bonds is 5. The van der Waals surface area contributed by atoms with Crippen LogP contribution in [0.4, 0.5) is 5.13 Å². The Hall–Kier alpha value is -2.01. The monoisotopic (exact) mass is 314 g/mol. The smallest absolute Gasteiger partial charge is 0.226 e. The molecule has 0 unspecified atom stereocenters. The Morgan fingerprint density at radius 2 is 1.95 bits per heavy atom. The summed E-state index contributed by atoms with van der Waals surface area (Å²) in [7, 11) is 0. The van der Waals surface area contributed by atoms with Gasteiger partial charge < -0.3 is 5.32 Å². The second-order valence-corrected chi connectivity index (χ2v) is 6.39. The van der Waals surface area contributed by atoms with Gasteiger partial charge in [0.25, 0.3) is 0 Å². The first-order valence-electron chi connectivity index (χ1n) is 7.57. The normalized spacial score (nSPS) is 13.5. The number of hydrogen-bond acceptors (Lipinski definition) is 4. The fourth-order valence-electron chi connectivity index (χ4n) is 2.75. The number of carbonyl (C=O) groups excluding carboxylic acids is 2. The fraction of sp³-hybridized carbons (Fsp3) is 0.353. The first-order chi connectivity index (χ1) is 10.7. The molecule has 0 bridgehead atoms. The Morgan fingerprint density at radius 3 is 2.73 bits per heavy atom. The van der Waals surface area contributed by atoms with Crippen molar-refractivity contribution in [3.63, 3.8) is 0 Å². The Kier molecular flexibility index (Phi) is 4.63. The highest BCUT2D eigenvalue weighted by atomic mass is 32.1. The van der Waals surface area contributed by atoms with E-state index in [1.54, 1.807) is 11.6 Å². The predicted octanol–water partition coefficient (Wildman–Crippen LogP) is 3.62. The van der Waals surface area contributed by atoms with Crippen molar-refractivity contribution in [1.82, 2.24) is 4.98 Å². The van der Waals surface area contributed by atoms with E-state index in [0.29, 0.717) is 5.13 Å². The molecule has 0 fully saturated rings. The lowest BCUT2D eigenvalue weighted by atomic mass is 9.89. The molecule has 0 atom stereocenters. The van der Waals surface area contributed by atoms with Gasteiger partial charge in [-0.3, -0.25) is 9.59 Å². The second-order valence-electron chi connectivity index (χ2n) is 5.50. The van der Waals surface area contributed by atoms with Gasteiger partial charge in [0.2, 0.25) is 5.91 Å². The highest BCUT2D eigenvalue weighted by molar-refractivity contribution is 7.13. The SMILES string of the molecule is O=C(CCC(=O)c1ccc2c(c1)CCCC2)Nc1nccs1. The van der Waals surface area contributed by atoms with Gasteiger partial charge in [-0.15, -0.1) is 11.3 Å². The highest BCUT2D eigenvalue weighted by Crippen LogP contribution is 2.23. The van der Waals surface area contributed by atoms with Crippen molar-refractivity contribution in [1.29, 1.82) is 0 Å². The molecule has 114 valence electrons. The zero-order valence-electron chi connectivity index (χ0n) is 12.3. The molecule has 3 rings (SSSR count). The third-order valence-electron chi connectivity index (χ3n) is 3.93. The molecule has 0 saturated heterocycles. The minimum atomic E-state index is -0.165. The van der Waals surface area contributed by atoms with Crippen LogP contribution in [-0.4, -0.2) is 16.7 Å². The van der Waals surface area contributed by atoms with E-state index < -0.39 is 0 Å². The van der Waals surface area contributed by atoms with Crippen LogP contribution in [0.2, 0.25) is 0 Å². The van der Waals surface area contributed by atoms with E-state index >= 15 is 0 Å². The summed E-state index contributed by atoms with van der Waals surface area (Å²) in [4.78, 5) is 28.0. The zero-order chi connectivity index (χ0) is 15.4. The van der Waals surface area contributed by atoms with E-state index in [1.807, 2.05) is 12.1 Å². The van der Waals surface area contributed by atoms with Crippen molar-refractivity contribution >= 4 is 28.2 Å². The van der Waals surface area contributed by atoms with Crippen molar-refractivity contribution in [2.24, 2.45) is 0 Å². The molecule has 1 aliphatic carbocycles. The minimum Gasteiger partial charge on any atom is -0.302 e. The van der Waals surface area contributed by atoms with Gasteiger partial charge in [-0.05, 0) is 42.9 Å². The van der Waals surface area contributed by atoms with Crippen molar-refractivity contribution in [3.05, 3.63) is 46.5 Å². The van der Waals surface area contributed by atoms with E-state index in [9.17, 15) is 9.59 Å². The summed E-state index contributed by atoms with van der Waals surface area (Å²) in [6.45, 7) is 0. The van der Waals surface area contributed by atoms with E-state index in [2.05, 4.69) is 16.4 Å². The van der Waals surface area contributed by atoms with E-state index in [0.717, 1.165) is 18.4 Å². The molecule has 0 aliphatic heterocycles. The van der Waals surface area contributed by atoms with Gasteiger partial charge in [-0.25, -0.2) is 4.98 Å². The molecule has 22 heavy (non-hydrogen) atoms. The average molecular weight is 314 g/mol. The third kappa shape index (κ3) is 3.60. The number of carbonyl (C=O) groups is 2. The van der Waals surface area contributed by atoms with Crippen LogP contribution < -0.4 is 5.32 Å². The summed E-state index contributed by atoms with van der Waals surface area (Å²) in [5, 5.41) is 5.07. The number of ketones is 1. The van der Waals surface area contributed by atoms with Crippen LogP contribution in [-0.2, 0) is 17.6 Å². The standard InChI is InChI=1S/C17H18N2O2S/c20-15(7-8-16(21)19-17-18-9-10-22-17)14-6-5-12-3-1-2-4-13(12)11-14/h5-6,9-11H,1-4,7-8H2,(H,18,19,21). The Balaban J connectivity index is 1.56. The topological polar surface area (TPSA) is 59.1 Å². The van der Waals surface area contributed by atoms with Crippen molar-refractivity contribution in [2.45, 2.75) is 38.5 Å². The number of benzene rings is 1. The van der Waals surface area contributed by atoms with Crippen LogP contribution in [0.5, 0.6) is 0 Å². The minimum absolute atomic E-state index is 0.0302. The first kappa shape index (κ1) is 14.9. The number of aromatic nitrogens is 1. The number of aryl methyl sites for hydroxylation is 2. The van der Waals surface area contributed by atoms with Gasteiger partial charge in [-0.2, -0.15) is 0 Å². The molecule has 5 heteroatoms. The molecule has 0 saturated carbocycles. The number of anilines is 1. The van der Waals surface area contributed by atoms with Crippen molar-refractivity contribution in [2.75, 3.05) is 5.32 Å². The van der Waals surface area contributed by atoms with Gasteiger partial charge in [0.05, 0.1) is 0 Å². The quantitative estimate of drug-likeness (QED) is 0.857. The van der Waals surface area contributed by atoms with Crippen LogP contribution in [0.1, 0.15) is 47.2 Å². The summed E-state index contributed by atoms with van der Waals surface area (Å²) in [6, 6.07) is 5.97. The van der Waals surface area contributed by atoms with Crippen LogP contribution in [0.3, 0.4) is 0 Å². The zero-order valence-corrected chi connectivity index (χ0v) is 13.1. The largest absolute Gasteiger partial charge is 0.302 e. The van der Waals surface area contributed by atoms with E-state index in [1.165, 1.54) is 35.3 Å². The molecule has 1 amide bonds. The van der Waals surface area contributed by atoms with Gasteiger partial charge >= 0.3 is 0 Å². The molecule has 1 N–H and O–H groups in total. The summed E-state index contributed by atoms with van der Waals surface area (Å²) < 4.78 is 0. The maximum atomic E-state index is 12.2. The molecule has 2 aromatic rings. The maximum Gasteiger partial charge on any atom is 0.226 e. The number of Topliss-reactive ketones (excluding diaryl/α,β-unsaturated/α-hetero) is 1. The molecule has 0 radical (unpaired) electrons. The average Bonchev–Trinajstić information content (AvgIpc) is 3.05. The van der Waals surface area contributed by atoms with Gasteiger partial charge in [0.15, 0.2) is 10.9 Å². The number of thiazole rings is 1. The summed E-state index contributed by atoms with van der Waals surface area (Å²) >= 11 is 1.37. The number of amides is 1. The number of fused-ring (bicyclic) bond motifs is 1. The van der Waals surface area contributed by atoms with Gasteiger partial charge in [-0.1, -0.05) is 12.1 Å². The van der Waals surface area contributed by atoms with E-state index in [4.69, 9.17) is 0 Å². The lowest BCUT2D eigenvalue weighted by molar-refractivity contribution is -0.116. The van der Waals surface area contributed by atoms with Gasteiger partial charge in [0.1, 0.15) is 0 Å². The lowest BCUT2D eigenvalue weighted by Crippen LogP contribution is -2.13. The van der Waals surface area contributed by atoms with Crippen LogP contribution >= 0.6 is 11.3 Å². The number of hydrogen-bond donors (Lipinski definition) is 1. The van der Waals surface area contributed by atoms with E-state index in [-0.39, 0.29) is 24.5 Å². The first-order valence-corrected chi connectivity index (χ1v) is 8.45. The Morgan fingerprint density at radius 1 is 1.14 bits per heavy atom. The number of nitrogens with one attached hydrogen (secondary N) is 1. The Labute approximate surface area is 133 Å². The third-order valence-corrected chi connectivity index (χ3v) is 4.62. The maximum absolute atomic E-state index is 12.2. The summed E-state index contributed by atoms with van der Waals surface area (Å²) in [5.74, 6) is -0.135. The molecule has 1 aromatic carbocycles. The van der Waals surface area contributed by atoms with Crippen molar-refractivity contribution in [3.8, 4) is 0 Å². The van der Waals surface area contributed by atoms with Crippen LogP contribution in [0.25, 0.3) is 0 Å². The van der Waals surface area contributed by atoms with Crippen LogP contribution in [0, 0.1) is 0 Å². The lowest BCUT2D eigenvalue weighted by Gasteiger charge is -2.16. The molecule has 1 aliphatic rings. The fourth-order valence-corrected chi connectivity index (χ4v) is 3.29. The highest BCUT2D eigenvalue weighted by Gasteiger charge is 2.14. The number of nitrogens with zero attached hydrogens (tertiary/aromatic N) is 1. The molecule has 4 nitrogen and oxygen atoms in total. The van der Waals surface area contributed by atoms with Gasteiger partial charge in [0, 0.05) is 30.0 Å². The summed E-state index contributed by atoms with van der Waals surface area (Å²) in [6.07, 6.45) is 6.66. The Bertz CT molecular complexity index is 680. The molecule has 1 heterocycles. The molecular weight excluding hydrogens is 296 g/mol. The van der Waals surface area contributed by atoms with Crippen molar-refractivity contribution < 1.29 is 9.59 Å².